The van der Waals surface area contributed by atoms with Gasteiger partial charge in [-0.3, -0.25) is 4.79 Å². The summed E-state index contributed by atoms with van der Waals surface area (Å²) in [6, 6.07) is 15.9. The van der Waals surface area contributed by atoms with Gasteiger partial charge >= 0.3 is 0 Å². The highest BCUT2D eigenvalue weighted by atomic mass is 35.5. The minimum Gasteiger partial charge on any atom is -0.481 e. The molecule has 3 aromatic rings. The molecule has 0 saturated carbocycles. The molecule has 1 amide bonds. The van der Waals surface area contributed by atoms with Gasteiger partial charge in [0.1, 0.15) is 10.9 Å². The number of amides is 1. The molecule has 1 aliphatic rings. The van der Waals surface area contributed by atoms with Crippen molar-refractivity contribution in [3.05, 3.63) is 59.2 Å². The van der Waals surface area contributed by atoms with E-state index in [-0.39, 0.29) is 5.91 Å². The highest BCUT2D eigenvalue weighted by molar-refractivity contribution is 6.30. The van der Waals surface area contributed by atoms with Gasteiger partial charge in [0.05, 0.1) is 5.52 Å². The molecule has 1 atom stereocenters. The number of carbonyl (C=O) groups is 1. The molecule has 29 heavy (non-hydrogen) atoms. The molecule has 0 aliphatic carbocycles. The van der Waals surface area contributed by atoms with E-state index in [1.165, 1.54) is 12.0 Å². The first-order valence-corrected chi connectivity index (χ1v) is 10.5. The Morgan fingerprint density at radius 3 is 2.59 bits per heavy atom. The Labute approximate surface area is 176 Å². The fraction of sp³-hybridized carbons (Fsp3) is 0.333. The van der Waals surface area contributed by atoms with Crippen molar-refractivity contribution in [1.29, 1.82) is 0 Å². The second-order valence-corrected chi connectivity index (χ2v) is 8.02. The van der Waals surface area contributed by atoms with Gasteiger partial charge in [0.15, 0.2) is 6.10 Å². The first-order valence-electron chi connectivity index (χ1n) is 10.1. The van der Waals surface area contributed by atoms with Gasteiger partial charge in [-0.25, -0.2) is 4.98 Å². The average Bonchev–Trinajstić information content (AvgIpc) is 2.73. The third-order valence-electron chi connectivity index (χ3n) is 5.51. The van der Waals surface area contributed by atoms with Crippen LogP contribution in [0.2, 0.25) is 5.15 Å². The van der Waals surface area contributed by atoms with Crippen molar-refractivity contribution in [1.82, 2.24) is 9.88 Å². The summed E-state index contributed by atoms with van der Waals surface area (Å²) < 4.78 is 5.97. The molecule has 0 spiro atoms. The van der Waals surface area contributed by atoms with Crippen molar-refractivity contribution in [3.63, 3.8) is 0 Å². The van der Waals surface area contributed by atoms with E-state index in [9.17, 15) is 4.79 Å². The molecule has 2 aromatic carbocycles. The van der Waals surface area contributed by atoms with Crippen LogP contribution < -0.4 is 4.74 Å². The Hall–Kier alpha value is -2.59. The van der Waals surface area contributed by atoms with E-state index >= 15 is 0 Å². The van der Waals surface area contributed by atoms with Gasteiger partial charge in [0, 0.05) is 24.5 Å². The number of halogens is 1. The first-order chi connectivity index (χ1) is 14.0. The van der Waals surface area contributed by atoms with Crippen molar-refractivity contribution in [3.8, 4) is 16.9 Å². The SMILES string of the molecule is Cc1ccccc1-c1cc(Cl)nc2cc(OC(C)C(=O)N3CCCCC3)ccc12. The average molecular weight is 409 g/mol. The zero-order valence-corrected chi connectivity index (χ0v) is 17.6. The predicted molar refractivity (Wildman–Crippen MR) is 117 cm³/mol. The van der Waals surface area contributed by atoms with Gasteiger partial charge in [-0.2, -0.15) is 0 Å². The van der Waals surface area contributed by atoms with Crippen molar-refractivity contribution < 1.29 is 9.53 Å². The lowest BCUT2D eigenvalue weighted by Gasteiger charge is -2.29. The molecular formula is C24H25ClN2O2. The molecule has 1 aliphatic heterocycles. The third kappa shape index (κ3) is 4.23. The van der Waals surface area contributed by atoms with Crippen LogP contribution in [0.25, 0.3) is 22.0 Å². The minimum absolute atomic E-state index is 0.0458. The number of likely N-dealkylation sites (tertiary alicyclic amines) is 1. The van der Waals surface area contributed by atoms with Crippen molar-refractivity contribution in [2.45, 2.75) is 39.2 Å². The largest absolute Gasteiger partial charge is 0.481 e. The maximum atomic E-state index is 12.7. The van der Waals surface area contributed by atoms with Gasteiger partial charge in [-0.1, -0.05) is 35.9 Å². The van der Waals surface area contributed by atoms with Gasteiger partial charge in [0.25, 0.3) is 5.91 Å². The quantitative estimate of drug-likeness (QED) is 0.524. The third-order valence-corrected chi connectivity index (χ3v) is 5.71. The number of aryl methyl sites for hydroxylation is 1. The number of nitrogens with zero attached hydrogens (tertiary/aromatic N) is 2. The summed E-state index contributed by atoms with van der Waals surface area (Å²) in [5.41, 5.74) is 4.11. The molecule has 1 unspecified atom stereocenters. The van der Waals surface area contributed by atoms with Gasteiger partial charge in [-0.05, 0) is 68.0 Å². The molecule has 2 heterocycles. The Kier molecular flexibility index (Phi) is 5.72. The van der Waals surface area contributed by atoms with Crippen LogP contribution in [-0.2, 0) is 4.79 Å². The summed E-state index contributed by atoms with van der Waals surface area (Å²) in [5.74, 6) is 0.672. The summed E-state index contributed by atoms with van der Waals surface area (Å²) >= 11 is 6.32. The molecule has 1 fully saturated rings. The van der Waals surface area contributed by atoms with E-state index in [2.05, 4.69) is 24.0 Å². The molecule has 4 rings (SSSR count). The number of rotatable bonds is 4. The second kappa shape index (κ2) is 8.42. The predicted octanol–water partition coefficient (Wildman–Crippen LogP) is 5.64. The fourth-order valence-corrected chi connectivity index (χ4v) is 4.17. The molecule has 0 radical (unpaired) electrons. The zero-order chi connectivity index (χ0) is 20.4. The fourth-order valence-electron chi connectivity index (χ4n) is 3.97. The van der Waals surface area contributed by atoms with E-state index in [1.54, 1.807) is 0 Å². The van der Waals surface area contributed by atoms with Gasteiger partial charge in [-0.15, -0.1) is 0 Å². The van der Waals surface area contributed by atoms with Crippen molar-refractivity contribution in [2.24, 2.45) is 0 Å². The number of piperidine rings is 1. The molecule has 0 bridgehead atoms. The molecule has 5 heteroatoms. The molecule has 0 N–H and O–H groups in total. The normalized spacial score (nSPS) is 15.3. The van der Waals surface area contributed by atoms with E-state index in [4.69, 9.17) is 16.3 Å². The molecule has 1 saturated heterocycles. The number of pyridine rings is 1. The monoisotopic (exact) mass is 408 g/mol. The van der Waals surface area contributed by atoms with E-state index in [0.29, 0.717) is 10.9 Å². The van der Waals surface area contributed by atoms with Crippen LogP contribution in [0.5, 0.6) is 5.75 Å². The second-order valence-electron chi connectivity index (χ2n) is 7.63. The summed E-state index contributed by atoms with van der Waals surface area (Å²) in [6.07, 6.45) is 2.80. The van der Waals surface area contributed by atoms with Crippen LogP contribution in [0.15, 0.2) is 48.5 Å². The van der Waals surface area contributed by atoms with Crippen LogP contribution in [0.3, 0.4) is 0 Å². The van der Waals surface area contributed by atoms with Gasteiger partial charge < -0.3 is 9.64 Å². The maximum Gasteiger partial charge on any atom is 0.263 e. The number of carbonyl (C=O) groups excluding carboxylic acids is 1. The number of hydrogen-bond acceptors (Lipinski definition) is 3. The maximum absolute atomic E-state index is 12.7. The number of fused-ring (bicyclic) bond motifs is 1. The highest BCUT2D eigenvalue weighted by Crippen LogP contribution is 2.34. The lowest BCUT2D eigenvalue weighted by molar-refractivity contribution is -0.138. The van der Waals surface area contributed by atoms with Crippen molar-refractivity contribution in [2.75, 3.05) is 13.1 Å². The first kappa shape index (κ1) is 19.7. The number of aromatic nitrogens is 1. The van der Waals surface area contributed by atoms with Crippen LogP contribution in [0.1, 0.15) is 31.7 Å². The summed E-state index contributed by atoms with van der Waals surface area (Å²) in [5, 5.41) is 1.44. The number of benzene rings is 2. The lowest BCUT2D eigenvalue weighted by Crippen LogP contribution is -2.43. The summed E-state index contributed by atoms with van der Waals surface area (Å²) in [7, 11) is 0. The smallest absolute Gasteiger partial charge is 0.263 e. The van der Waals surface area contributed by atoms with Crippen LogP contribution >= 0.6 is 11.6 Å². The standard InChI is InChI=1S/C24H25ClN2O2/c1-16-8-4-5-9-19(16)21-15-23(25)26-22-14-18(10-11-20(21)22)29-17(2)24(28)27-12-6-3-7-13-27/h4-5,8-11,14-15,17H,3,6-7,12-13H2,1-2H3. The Balaban J connectivity index is 1.63. The molecule has 1 aromatic heterocycles. The number of ether oxygens (including phenoxy) is 1. The summed E-state index contributed by atoms with van der Waals surface area (Å²) in [6.45, 7) is 5.54. The minimum atomic E-state index is -0.527. The number of hydrogen-bond donors (Lipinski definition) is 0. The van der Waals surface area contributed by atoms with E-state index in [1.807, 2.05) is 48.2 Å². The van der Waals surface area contributed by atoms with E-state index in [0.717, 1.165) is 48.0 Å². The summed E-state index contributed by atoms with van der Waals surface area (Å²) in [4.78, 5) is 19.0. The van der Waals surface area contributed by atoms with Gasteiger partial charge in [0.2, 0.25) is 0 Å². The Morgan fingerprint density at radius 2 is 1.83 bits per heavy atom. The van der Waals surface area contributed by atoms with E-state index < -0.39 is 6.10 Å². The van der Waals surface area contributed by atoms with Crippen LogP contribution in [-0.4, -0.2) is 35.0 Å². The highest BCUT2D eigenvalue weighted by Gasteiger charge is 2.23. The molecule has 150 valence electrons. The Morgan fingerprint density at radius 1 is 1.07 bits per heavy atom. The molecular weight excluding hydrogens is 384 g/mol. The Bertz CT molecular complexity index is 1040. The van der Waals surface area contributed by atoms with Crippen molar-refractivity contribution >= 4 is 28.4 Å². The zero-order valence-electron chi connectivity index (χ0n) is 16.8. The molecule has 4 nitrogen and oxygen atoms in total. The van der Waals surface area contributed by atoms with Crippen LogP contribution in [0.4, 0.5) is 0 Å². The van der Waals surface area contributed by atoms with Crippen LogP contribution in [0, 0.1) is 6.92 Å². The topological polar surface area (TPSA) is 42.4 Å². The lowest BCUT2D eigenvalue weighted by atomic mass is 9.97.